The van der Waals surface area contributed by atoms with Gasteiger partial charge < -0.3 is 15.5 Å². The molecule has 0 bridgehead atoms. The molecule has 15 heavy (non-hydrogen) atoms. The lowest BCUT2D eigenvalue weighted by atomic mass is 10.1. The molecular weight excluding hydrogens is 188 g/mol. The number of methoxy groups -OCH3 is 1. The molecule has 2 rings (SSSR count). The molecule has 0 aliphatic rings. The normalized spacial score (nSPS) is 10.8. The molecule has 0 saturated heterocycles. The smallest absolute Gasteiger partial charge is 0.119 e. The Morgan fingerprint density at radius 3 is 3.07 bits per heavy atom. The molecule has 2 aromatic rings. The van der Waals surface area contributed by atoms with Crippen LogP contribution in [0.3, 0.4) is 0 Å². The summed E-state index contributed by atoms with van der Waals surface area (Å²) in [5.74, 6) is 0.889. The van der Waals surface area contributed by atoms with Crippen molar-refractivity contribution in [1.82, 2.24) is 4.98 Å². The second-order valence-corrected chi connectivity index (χ2v) is 3.50. The van der Waals surface area contributed by atoms with Crippen LogP contribution in [0.4, 0.5) is 0 Å². The first-order chi connectivity index (χ1) is 7.35. The number of nitrogens with one attached hydrogen (secondary N) is 1. The van der Waals surface area contributed by atoms with Crippen LogP contribution >= 0.6 is 0 Å². The molecule has 79 valence electrons. The number of aromatic nitrogens is 1. The highest BCUT2D eigenvalue weighted by Gasteiger charge is 2.04. The summed E-state index contributed by atoms with van der Waals surface area (Å²) >= 11 is 0. The van der Waals surface area contributed by atoms with E-state index < -0.39 is 0 Å². The molecule has 3 N–H and O–H groups in total. The van der Waals surface area contributed by atoms with E-state index in [0.717, 1.165) is 24.1 Å². The summed E-state index contributed by atoms with van der Waals surface area (Å²) in [6, 6.07) is 6.04. The summed E-state index contributed by atoms with van der Waals surface area (Å²) in [4.78, 5) is 3.24. The third-order valence-electron chi connectivity index (χ3n) is 2.55. The molecule has 1 aromatic heterocycles. The van der Waals surface area contributed by atoms with Crippen molar-refractivity contribution in [3.8, 4) is 5.75 Å². The number of rotatable bonds is 4. The van der Waals surface area contributed by atoms with Gasteiger partial charge in [-0.15, -0.1) is 0 Å². The number of aromatic amines is 1. The second-order valence-electron chi connectivity index (χ2n) is 3.50. The highest BCUT2D eigenvalue weighted by atomic mass is 16.5. The monoisotopic (exact) mass is 203 g/mol. The second kappa shape index (κ2) is 4.36. The zero-order chi connectivity index (χ0) is 10.7. The van der Waals surface area contributed by atoms with Gasteiger partial charge in [0.1, 0.15) is 5.75 Å². The van der Waals surface area contributed by atoms with Gasteiger partial charge in [-0.2, -0.15) is 0 Å². The lowest BCUT2D eigenvalue weighted by Gasteiger charge is -2.01. The van der Waals surface area contributed by atoms with Crippen molar-refractivity contribution >= 4 is 10.9 Å². The minimum atomic E-state index is 0.889. The largest absolute Gasteiger partial charge is 0.497 e. The topological polar surface area (TPSA) is 51.0 Å². The maximum absolute atomic E-state index is 5.39. The third-order valence-corrected chi connectivity index (χ3v) is 2.55. The molecule has 0 fully saturated rings. The van der Waals surface area contributed by atoms with Gasteiger partial charge in [-0.25, -0.2) is 0 Å². The number of H-pyrrole nitrogens is 1. The number of ether oxygens (including phenoxy) is 1. The Kier molecular flexibility index (Phi) is 2.92. The van der Waals surface area contributed by atoms with Crippen LogP contribution in [-0.2, 0) is 6.42 Å². The lowest BCUT2D eigenvalue weighted by molar-refractivity contribution is 0.415. The molecule has 0 atom stereocenters. The molecule has 0 spiro atoms. The standard InChI is InChI=1S/C12H15N2O/c1-15-10-4-5-12-11(7-10)9(8-14-12)3-2-6-13/h4-8,14H,2-3,13H2,1H3. The van der Waals surface area contributed by atoms with E-state index in [2.05, 4.69) is 11.1 Å². The maximum Gasteiger partial charge on any atom is 0.119 e. The van der Waals surface area contributed by atoms with Crippen LogP contribution in [0.2, 0.25) is 0 Å². The summed E-state index contributed by atoms with van der Waals surface area (Å²) in [7, 11) is 1.68. The molecule has 3 heteroatoms. The van der Waals surface area contributed by atoms with Gasteiger partial charge in [0.15, 0.2) is 0 Å². The Balaban J connectivity index is 2.38. The fourth-order valence-corrected chi connectivity index (χ4v) is 1.73. The van der Waals surface area contributed by atoms with E-state index in [1.807, 2.05) is 18.3 Å². The van der Waals surface area contributed by atoms with Crippen molar-refractivity contribution in [2.75, 3.05) is 7.11 Å². The summed E-state index contributed by atoms with van der Waals surface area (Å²) in [5, 5.41) is 1.22. The Morgan fingerprint density at radius 1 is 1.47 bits per heavy atom. The number of nitrogens with two attached hydrogens (primary N) is 1. The first-order valence-electron chi connectivity index (χ1n) is 5.02. The molecule has 0 saturated carbocycles. The number of benzene rings is 1. The van der Waals surface area contributed by atoms with Crippen LogP contribution in [0.25, 0.3) is 10.9 Å². The van der Waals surface area contributed by atoms with Gasteiger partial charge in [-0.3, -0.25) is 0 Å². The number of aryl methyl sites for hydroxylation is 1. The first kappa shape index (κ1) is 10.1. The van der Waals surface area contributed by atoms with Gasteiger partial charge in [-0.05, 0) is 36.6 Å². The van der Waals surface area contributed by atoms with Crippen LogP contribution in [0.15, 0.2) is 24.4 Å². The Morgan fingerprint density at radius 2 is 2.33 bits per heavy atom. The lowest BCUT2D eigenvalue weighted by Crippen LogP contribution is -1.92. The van der Waals surface area contributed by atoms with Gasteiger partial charge in [0.25, 0.3) is 0 Å². The van der Waals surface area contributed by atoms with E-state index in [1.165, 1.54) is 10.9 Å². The van der Waals surface area contributed by atoms with E-state index in [4.69, 9.17) is 10.5 Å². The van der Waals surface area contributed by atoms with E-state index in [1.54, 1.807) is 13.7 Å². The van der Waals surface area contributed by atoms with Crippen molar-refractivity contribution < 1.29 is 4.74 Å². The first-order valence-corrected chi connectivity index (χ1v) is 5.02. The molecule has 1 heterocycles. The number of hydrogen-bond acceptors (Lipinski definition) is 2. The minimum absolute atomic E-state index is 0.889. The van der Waals surface area contributed by atoms with Crippen molar-refractivity contribution in [3.05, 3.63) is 36.5 Å². The van der Waals surface area contributed by atoms with Crippen molar-refractivity contribution in [2.24, 2.45) is 5.73 Å². The van der Waals surface area contributed by atoms with Crippen LogP contribution in [-0.4, -0.2) is 12.1 Å². The summed E-state index contributed by atoms with van der Waals surface area (Å²) in [5.41, 5.74) is 7.81. The minimum Gasteiger partial charge on any atom is -0.497 e. The van der Waals surface area contributed by atoms with E-state index in [0.29, 0.717) is 0 Å². The number of fused-ring (bicyclic) bond motifs is 1. The van der Waals surface area contributed by atoms with E-state index in [-0.39, 0.29) is 0 Å². The highest BCUT2D eigenvalue weighted by molar-refractivity contribution is 5.84. The SMILES string of the molecule is COc1ccc2[nH]cc(CC[CH]N)c2c1. The molecule has 0 aliphatic carbocycles. The predicted molar refractivity (Wildman–Crippen MR) is 61.7 cm³/mol. The molecule has 1 aromatic carbocycles. The van der Waals surface area contributed by atoms with Gasteiger partial charge in [0.05, 0.1) is 7.11 Å². The Bertz CT molecular complexity index is 448. The third kappa shape index (κ3) is 1.97. The van der Waals surface area contributed by atoms with Gasteiger partial charge in [0, 0.05) is 23.6 Å². The average Bonchev–Trinajstić information content (AvgIpc) is 2.68. The summed E-state index contributed by atoms with van der Waals surface area (Å²) < 4.78 is 5.20. The highest BCUT2D eigenvalue weighted by Crippen LogP contribution is 2.24. The van der Waals surface area contributed by atoms with Gasteiger partial charge in [0.2, 0.25) is 0 Å². The molecule has 0 amide bonds. The summed E-state index contributed by atoms with van der Waals surface area (Å²) in [6.07, 6.45) is 3.89. The van der Waals surface area contributed by atoms with Crippen LogP contribution in [0, 0.1) is 6.54 Å². The predicted octanol–water partition coefficient (Wildman–Crippen LogP) is 2.23. The molecular formula is C12H15N2O. The molecule has 1 radical (unpaired) electrons. The van der Waals surface area contributed by atoms with Crippen LogP contribution in [0.5, 0.6) is 5.75 Å². The maximum atomic E-state index is 5.39. The van der Waals surface area contributed by atoms with E-state index in [9.17, 15) is 0 Å². The molecule has 0 unspecified atom stereocenters. The quantitative estimate of drug-likeness (QED) is 0.800. The van der Waals surface area contributed by atoms with Crippen molar-refractivity contribution in [3.63, 3.8) is 0 Å². The molecule has 0 aliphatic heterocycles. The van der Waals surface area contributed by atoms with Gasteiger partial charge >= 0.3 is 0 Å². The van der Waals surface area contributed by atoms with Crippen molar-refractivity contribution in [2.45, 2.75) is 12.8 Å². The average molecular weight is 203 g/mol. The fraction of sp³-hybridized carbons (Fsp3) is 0.250. The molecule has 3 nitrogen and oxygen atoms in total. The van der Waals surface area contributed by atoms with Crippen molar-refractivity contribution in [1.29, 1.82) is 0 Å². The fourth-order valence-electron chi connectivity index (χ4n) is 1.73. The van der Waals surface area contributed by atoms with E-state index >= 15 is 0 Å². The Labute approximate surface area is 89.2 Å². The summed E-state index contributed by atoms with van der Waals surface area (Å²) in [6.45, 7) is 1.69. The van der Waals surface area contributed by atoms with Gasteiger partial charge in [-0.1, -0.05) is 0 Å². The zero-order valence-electron chi connectivity index (χ0n) is 8.79. The van der Waals surface area contributed by atoms with Crippen LogP contribution in [0.1, 0.15) is 12.0 Å². The Hall–Kier alpha value is -1.48. The van der Waals surface area contributed by atoms with Crippen LogP contribution < -0.4 is 10.5 Å². The zero-order valence-corrected chi connectivity index (χ0v) is 8.79. The number of hydrogen-bond donors (Lipinski definition) is 2.